The topological polar surface area (TPSA) is 95.8 Å². The first-order chi connectivity index (χ1) is 11.4. The number of para-hydroxylation sites is 1. The maximum atomic E-state index is 12.3. The van der Waals surface area contributed by atoms with Gasteiger partial charge in [0.25, 0.3) is 5.69 Å². The Balaban J connectivity index is 2.11. The number of fused-ring (bicyclic) bond motifs is 1. The number of nitrogens with zero attached hydrogens (tertiary/aromatic N) is 1. The van der Waals surface area contributed by atoms with E-state index in [4.69, 9.17) is 0 Å². The van der Waals surface area contributed by atoms with E-state index >= 15 is 0 Å². The molecule has 3 aromatic rings. The highest BCUT2D eigenvalue weighted by atomic mass is 16.5. The van der Waals surface area contributed by atoms with Crippen molar-refractivity contribution in [3.05, 3.63) is 63.0 Å². The minimum Gasteiger partial charge on any atom is -0.616 e. The molecule has 2 aromatic heterocycles. The second-order valence-corrected chi connectivity index (χ2v) is 6.54. The number of hydrogen-bond donors (Lipinski definition) is 3. The molecular weight excluding hydrogens is 306 g/mol. The second kappa shape index (κ2) is 6.03. The third-order valence-electron chi connectivity index (χ3n) is 4.31. The first-order valence-corrected chi connectivity index (χ1v) is 8.03. The molecule has 0 amide bonds. The number of rotatable bonds is 4. The van der Waals surface area contributed by atoms with Gasteiger partial charge in [0.15, 0.2) is 0 Å². The molecule has 0 aliphatic heterocycles. The van der Waals surface area contributed by atoms with Crippen molar-refractivity contribution >= 4 is 10.9 Å². The van der Waals surface area contributed by atoms with Gasteiger partial charge in [0, 0.05) is 29.4 Å². The van der Waals surface area contributed by atoms with E-state index in [1.165, 1.54) is 0 Å². The number of aromatic nitrogens is 3. The van der Waals surface area contributed by atoms with Crippen LogP contribution in [0.15, 0.2) is 35.3 Å². The molecule has 1 aromatic carbocycles. The molecule has 1 unspecified atom stereocenters. The summed E-state index contributed by atoms with van der Waals surface area (Å²) < 4.78 is 0.361. The zero-order chi connectivity index (χ0) is 17.4. The number of aromatic hydroxyl groups is 1. The minimum absolute atomic E-state index is 0.0392. The zero-order valence-electron chi connectivity index (χ0n) is 14.0. The Hall–Kier alpha value is -2.76. The van der Waals surface area contributed by atoms with Gasteiger partial charge in [-0.3, -0.25) is 4.79 Å². The highest BCUT2D eigenvalue weighted by molar-refractivity contribution is 5.84. The van der Waals surface area contributed by atoms with Gasteiger partial charge >= 0.3 is 11.4 Å². The van der Waals surface area contributed by atoms with E-state index in [0.29, 0.717) is 11.2 Å². The monoisotopic (exact) mass is 327 g/mol. The lowest BCUT2D eigenvalue weighted by atomic mass is 9.97. The highest BCUT2D eigenvalue weighted by Gasteiger charge is 2.27. The van der Waals surface area contributed by atoms with Crippen LogP contribution in [0.25, 0.3) is 10.9 Å². The van der Waals surface area contributed by atoms with Gasteiger partial charge in [-0.05, 0) is 17.5 Å². The molecule has 126 valence electrons. The van der Waals surface area contributed by atoms with Crippen molar-refractivity contribution in [3.8, 4) is 5.88 Å². The minimum atomic E-state index is -0.446. The Kier molecular flexibility index (Phi) is 4.05. The van der Waals surface area contributed by atoms with Gasteiger partial charge in [0.2, 0.25) is 0 Å². The summed E-state index contributed by atoms with van der Waals surface area (Å²) in [7, 11) is 0. The third-order valence-corrected chi connectivity index (χ3v) is 4.31. The molecule has 24 heavy (non-hydrogen) atoms. The van der Waals surface area contributed by atoms with Crippen molar-refractivity contribution < 1.29 is 9.84 Å². The molecular formula is C18H21N3O3. The number of hydrogen-bond acceptors (Lipinski definition) is 3. The molecule has 2 heterocycles. The quantitative estimate of drug-likeness (QED) is 0.507. The number of benzene rings is 1. The normalized spacial score (nSPS) is 12.8. The van der Waals surface area contributed by atoms with E-state index in [2.05, 4.69) is 9.97 Å². The van der Waals surface area contributed by atoms with Crippen LogP contribution in [-0.2, 0) is 6.42 Å². The molecule has 6 nitrogen and oxygen atoms in total. The molecule has 1 atom stereocenters. The van der Waals surface area contributed by atoms with Crippen LogP contribution in [0.4, 0.5) is 0 Å². The Labute approximate surface area is 139 Å². The lowest BCUT2D eigenvalue weighted by Gasteiger charge is -2.14. The van der Waals surface area contributed by atoms with E-state index < -0.39 is 11.4 Å². The van der Waals surface area contributed by atoms with Gasteiger partial charge in [0.05, 0.1) is 0 Å². The van der Waals surface area contributed by atoms with Gasteiger partial charge < -0.3 is 20.3 Å². The standard InChI is InChI=1S/C18H21N3O3/c1-10(2)8-15-17(22)20-16(18(23)21(15)24)11(3)13-9-19-14-7-5-4-6-12(13)14/h4-7,9-11,19,23H,8H2,1-3H3,(H,20,22). The van der Waals surface area contributed by atoms with Crippen LogP contribution in [0, 0.1) is 11.1 Å². The average molecular weight is 327 g/mol. The second-order valence-electron chi connectivity index (χ2n) is 6.54. The van der Waals surface area contributed by atoms with Crippen molar-refractivity contribution in [1.82, 2.24) is 9.97 Å². The van der Waals surface area contributed by atoms with Crippen molar-refractivity contribution in [1.29, 1.82) is 0 Å². The summed E-state index contributed by atoms with van der Waals surface area (Å²) in [5, 5.41) is 23.6. The summed E-state index contributed by atoms with van der Waals surface area (Å²) in [6.45, 7) is 5.68. The van der Waals surface area contributed by atoms with Crippen LogP contribution < -0.4 is 10.3 Å². The van der Waals surface area contributed by atoms with Crippen molar-refractivity contribution in [2.75, 3.05) is 0 Å². The molecule has 0 radical (unpaired) electrons. The average Bonchev–Trinajstić information content (AvgIpc) is 2.98. The van der Waals surface area contributed by atoms with Crippen LogP contribution in [0.2, 0.25) is 0 Å². The van der Waals surface area contributed by atoms with Gasteiger partial charge in [-0.1, -0.05) is 39.0 Å². The molecule has 3 rings (SSSR count). The van der Waals surface area contributed by atoms with Crippen LogP contribution in [-0.4, -0.2) is 15.1 Å². The fourth-order valence-corrected chi connectivity index (χ4v) is 3.05. The molecule has 0 aliphatic rings. The third kappa shape index (κ3) is 2.64. The summed E-state index contributed by atoms with van der Waals surface area (Å²) in [4.78, 5) is 18.2. The maximum Gasteiger partial charge on any atom is 0.398 e. The molecule has 0 saturated carbocycles. The van der Waals surface area contributed by atoms with Crippen molar-refractivity contribution in [2.45, 2.75) is 33.1 Å². The predicted molar refractivity (Wildman–Crippen MR) is 92.0 cm³/mol. The van der Waals surface area contributed by atoms with E-state index in [0.717, 1.165) is 16.5 Å². The SMILES string of the molecule is CC(C)Cc1c(=O)[nH]c(C(C)c2c[nH]c3ccccc23)c(O)[n+]1[O-]. The predicted octanol–water partition coefficient (Wildman–Crippen LogP) is 2.55. The van der Waals surface area contributed by atoms with Crippen molar-refractivity contribution in [2.24, 2.45) is 5.92 Å². The van der Waals surface area contributed by atoms with E-state index in [9.17, 15) is 15.1 Å². The van der Waals surface area contributed by atoms with E-state index in [1.807, 2.05) is 51.2 Å². The smallest absolute Gasteiger partial charge is 0.398 e. The fraction of sp³-hybridized carbons (Fsp3) is 0.333. The lowest BCUT2D eigenvalue weighted by molar-refractivity contribution is -0.624. The molecule has 0 bridgehead atoms. The van der Waals surface area contributed by atoms with E-state index in [-0.39, 0.29) is 23.2 Å². The lowest BCUT2D eigenvalue weighted by Crippen LogP contribution is -2.42. The summed E-state index contributed by atoms with van der Waals surface area (Å²) in [6, 6.07) is 7.77. The molecule has 3 N–H and O–H groups in total. The Bertz CT molecular complexity index is 940. The molecule has 0 fully saturated rings. The van der Waals surface area contributed by atoms with E-state index in [1.54, 1.807) is 0 Å². The molecule has 0 spiro atoms. The Morgan fingerprint density at radius 2 is 1.96 bits per heavy atom. The Morgan fingerprint density at radius 1 is 1.25 bits per heavy atom. The number of aromatic amines is 2. The van der Waals surface area contributed by atoms with Gasteiger partial charge in [0.1, 0.15) is 5.69 Å². The van der Waals surface area contributed by atoms with Crippen LogP contribution in [0.3, 0.4) is 0 Å². The Morgan fingerprint density at radius 3 is 2.67 bits per heavy atom. The molecule has 6 heteroatoms. The highest BCUT2D eigenvalue weighted by Crippen LogP contribution is 2.31. The van der Waals surface area contributed by atoms with Crippen molar-refractivity contribution in [3.63, 3.8) is 0 Å². The van der Waals surface area contributed by atoms with Gasteiger partial charge in [-0.2, -0.15) is 0 Å². The van der Waals surface area contributed by atoms with Crippen LogP contribution in [0.5, 0.6) is 5.88 Å². The first kappa shape index (κ1) is 16.1. The largest absolute Gasteiger partial charge is 0.616 e. The fourth-order valence-electron chi connectivity index (χ4n) is 3.05. The summed E-state index contributed by atoms with van der Waals surface area (Å²) in [5.74, 6) is -0.632. The summed E-state index contributed by atoms with van der Waals surface area (Å²) >= 11 is 0. The summed E-state index contributed by atoms with van der Waals surface area (Å²) in [6.07, 6.45) is 2.15. The van der Waals surface area contributed by atoms with Gasteiger partial charge in [-0.25, -0.2) is 0 Å². The molecule has 0 saturated heterocycles. The van der Waals surface area contributed by atoms with Gasteiger partial charge in [-0.15, -0.1) is 4.73 Å². The number of H-pyrrole nitrogens is 2. The zero-order valence-corrected chi connectivity index (χ0v) is 14.0. The molecule has 0 aliphatic carbocycles. The number of nitrogens with one attached hydrogen (secondary N) is 2. The van der Waals surface area contributed by atoms with Crippen LogP contribution >= 0.6 is 0 Å². The maximum absolute atomic E-state index is 12.3. The van der Waals surface area contributed by atoms with Crippen LogP contribution in [0.1, 0.15) is 43.6 Å². The summed E-state index contributed by atoms with van der Waals surface area (Å²) in [5.41, 5.74) is 1.70. The first-order valence-electron chi connectivity index (χ1n) is 8.03.